The highest BCUT2D eigenvalue weighted by molar-refractivity contribution is 5.40. The van der Waals surface area contributed by atoms with Crippen LogP contribution in [-0.2, 0) is 9.59 Å². The van der Waals surface area contributed by atoms with Crippen LogP contribution in [0, 0.1) is 0 Å². The van der Waals surface area contributed by atoms with Crippen LogP contribution in [0.1, 0.15) is 19.3 Å². The number of carbonyl (C=O) groups excluding carboxylic acids is 2. The fraction of sp³-hybridized carbons (Fsp3) is 0.500. The summed E-state index contributed by atoms with van der Waals surface area (Å²) in [6, 6.07) is -0.280. The van der Waals surface area contributed by atoms with Crippen LogP contribution in [0.3, 0.4) is 0 Å². The summed E-state index contributed by atoms with van der Waals surface area (Å²) in [5.74, 6) is 0. The Morgan fingerprint density at radius 3 is 2.92 bits per heavy atom. The van der Waals surface area contributed by atoms with E-state index in [9.17, 15) is 9.59 Å². The maximum atomic E-state index is 9.96. The molecule has 1 atom stereocenters. The van der Waals surface area contributed by atoms with Crippen LogP contribution < -0.4 is 0 Å². The summed E-state index contributed by atoms with van der Waals surface area (Å²) in [5, 5.41) is 0. The molecule has 0 aromatic carbocycles. The van der Waals surface area contributed by atoms with Crippen molar-refractivity contribution in [1.29, 1.82) is 0 Å². The molecular weight excluding hydrogens is 156 g/mol. The highest BCUT2D eigenvalue weighted by Gasteiger charge is 2.15. The SMILES string of the molecule is O=C=NC1=CCCCC1N=C=O. The summed E-state index contributed by atoms with van der Waals surface area (Å²) in [6.07, 6.45) is 7.32. The molecule has 0 aliphatic heterocycles. The molecule has 0 aromatic rings. The summed E-state index contributed by atoms with van der Waals surface area (Å²) in [4.78, 5) is 26.9. The molecular formula is C8H8N2O2. The zero-order valence-electron chi connectivity index (χ0n) is 6.49. The molecule has 12 heavy (non-hydrogen) atoms. The summed E-state index contributed by atoms with van der Waals surface area (Å²) >= 11 is 0. The number of isocyanates is 2. The van der Waals surface area contributed by atoms with E-state index >= 15 is 0 Å². The topological polar surface area (TPSA) is 58.9 Å². The summed E-state index contributed by atoms with van der Waals surface area (Å²) in [7, 11) is 0. The number of rotatable bonds is 2. The first kappa shape index (κ1) is 8.60. The van der Waals surface area contributed by atoms with Gasteiger partial charge in [-0.3, -0.25) is 0 Å². The van der Waals surface area contributed by atoms with E-state index in [0.717, 1.165) is 19.3 Å². The zero-order valence-corrected chi connectivity index (χ0v) is 6.49. The lowest BCUT2D eigenvalue weighted by atomic mass is 10.0. The first-order chi connectivity index (χ1) is 5.88. The van der Waals surface area contributed by atoms with Crippen LogP contribution in [0.25, 0.3) is 0 Å². The molecule has 0 radical (unpaired) electrons. The number of hydrogen-bond donors (Lipinski definition) is 0. The molecule has 0 N–H and O–H groups in total. The van der Waals surface area contributed by atoms with Gasteiger partial charge in [0.25, 0.3) is 0 Å². The Bertz CT molecular complexity index is 283. The van der Waals surface area contributed by atoms with Gasteiger partial charge in [0.2, 0.25) is 12.2 Å². The van der Waals surface area contributed by atoms with Crippen molar-refractivity contribution in [3.05, 3.63) is 11.8 Å². The summed E-state index contributed by atoms with van der Waals surface area (Å²) in [6.45, 7) is 0. The van der Waals surface area contributed by atoms with Crippen LogP contribution in [0.15, 0.2) is 21.8 Å². The van der Waals surface area contributed by atoms with Crippen LogP contribution in [0.4, 0.5) is 0 Å². The predicted octanol–water partition coefficient (Wildman–Crippen LogP) is 1.09. The zero-order chi connectivity index (χ0) is 8.81. The average Bonchev–Trinajstić information content (AvgIpc) is 2.09. The highest BCUT2D eigenvalue weighted by atomic mass is 16.1. The first-order valence-corrected chi connectivity index (χ1v) is 3.73. The van der Waals surface area contributed by atoms with Gasteiger partial charge in [0, 0.05) is 0 Å². The van der Waals surface area contributed by atoms with E-state index in [0.29, 0.717) is 5.70 Å². The van der Waals surface area contributed by atoms with Crippen molar-refractivity contribution >= 4 is 12.2 Å². The van der Waals surface area contributed by atoms with Gasteiger partial charge in [0.15, 0.2) is 0 Å². The predicted molar refractivity (Wildman–Crippen MR) is 42.0 cm³/mol. The molecule has 1 rings (SSSR count). The van der Waals surface area contributed by atoms with Gasteiger partial charge < -0.3 is 0 Å². The maximum Gasteiger partial charge on any atom is 0.240 e. The second-order valence-corrected chi connectivity index (χ2v) is 2.50. The van der Waals surface area contributed by atoms with Crippen LogP contribution >= 0.6 is 0 Å². The standard InChI is InChI=1S/C8H8N2O2/c11-5-9-7-3-1-2-4-8(7)10-6-12/h3,8H,1-2,4H2. The van der Waals surface area contributed by atoms with E-state index < -0.39 is 0 Å². The summed E-state index contributed by atoms with van der Waals surface area (Å²) < 4.78 is 0. The second-order valence-electron chi connectivity index (χ2n) is 2.50. The van der Waals surface area contributed by atoms with Crippen molar-refractivity contribution in [3.8, 4) is 0 Å². The van der Waals surface area contributed by atoms with Gasteiger partial charge in [-0.05, 0) is 19.3 Å². The largest absolute Gasteiger partial charge is 0.240 e. The Balaban J connectivity index is 2.83. The smallest absolute Gasteiger partial charge is 0.211 e. The molecule has 1 aliphatic rings. The Morgan fingerprint density at radius 2 is 2.25 bits per heavy atom. The third kappa shape index (κ3) is 1.99. The van der Waals surface area contributed by atoms with E-state index in [4.69, 9.17) is 0 Å². The number of nitrogens with zero attached hydrogens (tertiary/aromatic N) is 2. The van der Waals surface area contributed by atoms with E-state index in [1.54, 1.807) is 6.08 Å². The van der Waals surface area contributed by atoms with E-state index in [2.05, 4.69) is 9.98 Å². The number of hydrogen-bond acceptors (Lipinski definition) is 4. The van der Waals surface area contributed by atoms with E-state index in [-0.39, 0.29) is 6.04 Å². The van der Waals surface area contributed by atoms with Gasteiger partial charge in [-0.2, -0.15) is 9.98 Å². The molecule has 1 aliphatic carbocycles. The molecule has 0 aromatic heterocycles. The van der Waals surface area contributed by atoms with Crippen molar-refractivity contribution in [1.82, 2.24) is 0 Å². The number of allylic oxidation sites excluding steroid dienone is 1. The van der Waals surface area contributed by atoms with Crippen molar-refractivity contribution in [2.75, 3.05) is 0 Å². The van der Waals surface area contributed by atoms with E-state index in [1.807, 2.05) is 0 Å². The minimum Gasteiger partial charge on any atom is -0.211 e. The molecule has 0 fully saturated rings. The van der Waals surface area contributed by atoms with Gasteiger partial charge in [-0.15, -0.1) is 0 Å². The quantitative estimate of drug-likeness (QED) is 0.453. The van der Waals surface area contributed by atoms with Gasteiger partial charge in [-0.25, -0.2) is 9.59 Å². The number of aliphatic imine (C=N–C) groups is 2. The molecule has 0 amide bonds. The lowest BCUT2D eigenvalue weighted by Gasteiger charge is -2.13. The monoisotopic (exact) mass is 164 g/mol. The molecule has 0 heterocycles. The normalized spacial score (nSPS) is 21.7. The molecule has 0 saturated carbocycles. The molecule has 1 unspecified atom stereocenters. The van der Waals surface area contributed by atoms with Crippen LogP contribution in [0.5, 0.6) is 0 Å². The van der Waals surface area contributed by atoms with E-state index in [1.165, 1.54) is 12.2 Å². The van der Waals surface area contributed by atoms with Gasteiger partial charge in [0.1, 0.15) is 6.04 Å². The molecule has 0 spiro atoms. The van der Waals surface area contributed by atoms with Crippen molar-refractivity contribution in [3.63, 3.8) is 0 Å². The Hall–Kier alpha value is -1.50. The molecule has 0 bridgehead atoms. The molecule has 4 heteroatoms. The van der Waals surface area contributed by atoms with Crippen molar-refractivity contribution in [2.24, 2.45) is 9.98 Å². The first-order valence-electron chi connectivity index (χ1n) is 3.73. The third-order valence-corrected chi connectivity index (χ3v) is 1.76. The van der Waals surface area contributed by atoms with Crippen molar-refractivity contribution in [2.45, 2.75) is 25.3 Å². The third-order valence-electron chi connectivity index (χ3n) is 1.76. The Labute approximate surface area is 69.7 Å². The lowest BCUT2D eigenvalue weighted by Crippen LogP contribution is -2.10. The maximum absolute atomic E-state index is 9.96. The highest BCUT2D eigenvalue weighted by Crippen LogP contribution is 2.21. The molecule has 4 nitrogen and oxygen atoms in total. The van der Waals surface area contributed by atoms with Gasteiger partial charge in [0.05, 0.1) is 5.70 Å². The lowest BCUT2D eigenvalue weighted by molar-refractivity contribution is 0.546. The molecule has 62 valence electrons. The fourth-order valence-corrected chi connectivity index (χ4v) is 1.21. The minimum atomic E-state index is -0.280. The minimum absolute atomic E-state index is 0.280. The van der Waals surface area contributed by atoms with Crippen LogP contribution in [-0.4, -0.2) is 18.2 Å². The fourth-order valence-electron chi connectivity index (χ4n) is 1.21. The van der Waals surface area contributed by atoms with Gasteiger partial charge in [-0.1, -0.05) is 6.08 Å². The Morgan fingerprint density at radius 1 is 1.42 bits per heavy atom. The average molecular weight is 164 g/mol. The second kappa shape index (κ2) is 4.39. The van der Waals surface area contributed by atoms with Gasteiger partial charge >= 0.3 is 0 Å². The van der Waals surface area contributed by atoms with Crippen molar-refractivity contribution < 1.29 is 9.59 Å². The molecule has 0 saturated heterocycles. The van der Waals surface area contributed by atoms with Crippen LogP contribution in [0.2, 0.25) is 0 Å². The summed E-state index contributed by atoms with van der Waals surface area (Å²) in [5.41, 5.74) is 0.541. The Kier molecular flexibility index (Phi) is 3.15.